The molecule has 1 aromatic heterocycles. The van der Waals surface area contributed by atoms with E-state index >= 15 is 0 Å². The molecule has 2 aromatic rings. The van der Waals surface area contributed by atoms with Gasteiger partial charge in [-0.15, -0.1) is 0 Å². The number of Topliss-reactive ketones (excluding diaryl/α,β-unsaturated/α-hetero) is 1. The monoisotopic (exact) mass is 567 g/mol. The van der Waals surface area contributed by atoms with Crippen LogP contribution in [0.25, 0.3) is 5.69 Å². The van der Waals surface area contributed by atoms with Crippen molar-refractivity contribution < 1.29 is 36.7 Å². The highest BCUT2D eigenvalue weighted by Crippen LogP contribution is 2.24. The first-order chi connectivity index (χ1) is 18.6. The first kappa shape index (κ1) is 30.8. The summed E-state index contributed by atoms with van der Waals surface area (Å²) in [7, 11) is 0. The molecule has 9 nitrogen and oxygen atoms in total. The number of halogens is 4. The average molecular weight is 568 g/mol. The van der Waals surface area contributed by atoms with Crippen molar-refractivity contribution in [3.05, 3.63) is 47.5 Å². The molecule has 0 spiro atoms. The minimum absolute atomic E-state index is 0.164. The molecule has 1 aliphatic heterocycles. The van der Waals surface area contributed by atoms with E-state index in [0.29, 0.717) is 17.8 Å². The Morgan fingerprint density at radius 2 is 1.57 bits per heavy atom. The molecule has 2 N–H and O–H groups in total. The highest BCUT2D eigenvalue weighted by Gasteiger charge is 2.46. The Hall–Kier alpha value is -3.77. The fourth-order valence-electron chi connectivity index (χ4n) is 4.65. The fraction of sp³-hybridized carbons (Fsp3) is 0.519. The summed E-state index contributed by atoms with van der Waals surface area (Å²) in [6.45, 7) is 8.00. The molecule has 0 radical (unpaired) electrons. The number of nitrogens with one attached hydrogen (secondary N) is 2. The maximum atomic E-state index is 13.6. The zero-order chi connectivity index (χ0) is 29.9. The van der Waals surface area contributed by atoms with Gasteiger partial charge >= 0.3 is 6.18 Å². The van der Waals surface area contributed by atoms with Crippen LogP contribution >= 0.6 is 0 Å². The lowest BCUT2D eigenvalue weighted by Crippen LogP contribution is -2.58. The fourth-order valence-corrected chi connectivity index (χ4v) is 4.65. The maximum absolute atomic E-state index is 13.6. The molecule has 1 aliphatic rings. The van der Waals surface area contributed by atoms with Crippen molar-refractivity contribution >= 4 is 23.5 Å². The number of carbonyl (C=O) groups is 4. The van der Waals surface area contributed by atoms with Gasteiger partial charge in [-0.1, -0.05) is 27.7 Å². The first-order valence-corrected chi connectivity index (χ1v) is 13.0. The van der Waals surface area contributed by atoms with Crippen LogP contribution in [0.2, 0.25) is 0 Å². The smallest absolute Gasteiger partial charge is 0.344 e. The quantitative estimate of drug-likeness (QED) is 0.452. The van der Waals surface area contributed by atoms with Crippen LogP contribution in [-0.2, 0) is 14.4 Å². The van der Waals surface area contributed by atoms with Crippen LogP contribution in [0.1, 0.15) is 56.6 Å². The molecule has 13 heteroatoms. The van der Waals surface area contributed by atoms with Gasteiger partial charge in [0, 0.05) is 6.54 Å². The van der Waals surface area contributed by atoms with Gasteiger partial charge < -0.3 is 15.5 Å². The number of hydrogen-bond acceptors (Lipinski definition) is 5. The van der Waals surface area contributed by atoms with E-state index in [0.717, 1.165) is 0 Å². The molecule has 218 valence electrons. The van der Waals surface area contributed by atoms with E-state index in [1.807, 2.05) is 0 Å². The molecule has 2 heterocycles. The highest BCUT2D eigenvalue weighted by molar-refractivity contribution is 6.00. The summed E-state index contributed by atoms with van der Waals surface area (Å²) >= 11 is 0. The topological polar surface area (TPSA) is 113 Å². The van der Waals surface area contributed by atoms with Crippen LogP contribution in [0.5, 0.6) is 0 Å². The van der Waals surface area contributed by atoms with Gasteiger partial charge in [-0.25, -0.2) is 9.07 Å². The van der Waals surface area contributed by atoms with Gasteiger partial charge in [0.1, 0.15) is 17.9 Å². The second-order valence-corrected chi connectivity index (χ2v) is 10.5. The lowest BCUT2D eigenvalue weighted by molar-refractivity contribution is -0.175. The molecule has 1 saturated heterocycles. The van der Waals surface area contributed by atoms with E-state index in [1.54, 1.807) is 20.8 Å². The number of nitrogens with zero attached hydrogens (tertiary/aromatic N) is 3. The standard InChI is InChI=1S/C27H33F4N5O4/c1-14(2)21(23(37)27(29,30)31)33-25(39)20-7-6-12-35(20)26(40)22(15(3)4)34-24(38)19-13-32-36(16(19)5)18-10-8-17(28)9-11-18/h8-11,13-15,20-22H,6-7,12H2,1-5H3,(H,33,39)(H,34,38)/t20-,21-,22-/m0/s1. The Morgan fingerprint density at radius 1 is 0.975 bits per heavy atom. The summed E-state index contributed by atoms with van der Waals surface area (Å²) in [5.41, 5.74) is 1.17. The first-order valence-electron chi connectivity index (χ1n) is 13.0. The molecule has 0 saturated carbocycles. The van der Waals surface area contributed by atoms with Crippen LogP contribution in [-0.4, -0.2) is 69.0 Å². The predicted molar refractivity (Wildman–Crippen MR) is 137 cm³/mol. The van der Waals surface area contributed by atoms with Crippen molar-refractivity contribution in [2.75, 3.05) is 6.54 Å². The number of hydrogen-bond donors (Lipinski definition) is 2. The van der Waals surface area contributed by atoms with E-state index in [1.165, 1.54) is 53.9 Å². The Balaban J connectivity index is 1.77. The molecule has 0 aliphatic carbocycles. The second-order valence-electron chi connectivity index (χ2n) is 10.5. The molecular formula is C27H33F4N5O4. The molecular weight excluding hydrogens is 534 g/mol. The second kappa shape index (κ2) is 12.2. The third-order valence-corrected chi connectivity index (χ3v) is 6.91. The van der Waals surface area contributed by atoms with Gasteiger partial charge in [0.2, 0.25) is 11.8 Å². The third-order valence-electron chi connectivity index (χ3n) is 6.91. The molecule has 40 heavy (non-hydrogen) atoms. The van der Waals surface area contributed by atoms with E-state index in [-0.39, 0.29) is 18.5 Å². The van der Waals surface area contributed by atoms with E-state index < -0.39 is 65.5 Å². The Kier molecular flexibility index (Phi) is 9.36. The summed E-state index contributed by atoms with van der Waals surface area (Å²) < 4.78 is 53.9. The van der Waals surface area contributed by atoms with Gasteiger partial charge in [0.15, 0.2) is 0 Å². The van der Waals surface area contributed by atoms with Crippen LogP contribution in [0, 0.1) is 24.6 Å². The number of alkyl halides is 3. The summed E-state index contributed by atoms with van der Waals surface area (Å²) in [6, 6.07) is 1.60. The number of rotatable bonds is 9. The molecule has 1 fully saturated rings. The van der Waals surface area contributed by atoms with Gasteiger partial charge in [-0.2, -0.15) is 18.3 Å². The number of ketones is 1. The molecule has 1 aromatic carbocycles. The lowest BCUT2D eigenvalue weighted by Gasteiger charge is -2.31. The summed E-state index contributed by atoms with van der Waals surface area (Å²) in [5, 5.41) is 9.09. The van der Waals surface area contributed by atoms with Crippen molar-refractivity contribution in [1.29, 1.82) is 0 Å². The number of benzene rings is 1. The summed E-state index contributed by atoms with van der Waals surface area (Å²) in [6.07, 6.45) is -3.18. The third kappa shape index (κ3) is 6.68. The van der Waals surface area contributed by atoms with Gasteiger partial charge in [0.05, 0.1) is 29.2 Å². The van der Waals surface area contributed by atoms with Crippen LogP contribution in [0.4, 0.5) is 17.6 Å². The molecule has 0 unspecified atom stereocenters. The number of aromatic nitrogens is 2. The van der Waals surface area contributed by atoms with Gasteiger partial charge in [-0.3, -0.25) is 19.2 Å². The van der Waals surface area contributed by atoms with Gasteiger partial charge in [-0.05, 0) is 55.9 Å². The number of likely N-dealkylation sites (tertiary alicyclic amines) is 1. The van der Waals surface area contributed by atoms with Crippen molar-refractivity contribution in [2.45, 2.75) is 71.8 Å². The van der Waals surface area contributed by atoms with Crippen LogP contribution in [0.3, 0.4) is 0 Å². The van der Waals surface area contributed by atoms with E-state index in [9.17, 15) is 36.7 Å². The van der Waals surface area contributed by atoms with Crippen molar-refractivity contribution in [3.8, 4) is 5.69 Å². The minimum atomic E-state index is -5.12. The highest BCUT2D eigenvalue weighted by atomic mass is 19.4. The zero-order valence-electron chi connectivity index (χ0n) is 22.9. The maximum Gasteiger partial charge on any atom is 0.452 e. The van der Waals surface area contributed by atoms with E-state index in [4.69, 9.17) is 0 Å². The zero-order valence-corrected chi connectivity index (χ0v) is 22.9. The van der Waals surface area contributed by atoms with Crippen molar-refractivity contribution in [1.82, 2.24) is 25.3 Å². The Morgan fingerprint density at radius 3 is 2.12 bits per heavy atom. The molecule has 3 amide bonds. The van der Waals surface area contributed by atoms with Crippen molar-refractivity contribution in [2.24, 2.45) is 11.8 Å². The summed E-state index contributed by atoms with van der Waals surface area (Å²) in [5.74, 6) is -5.72. The molecule has 3 atom stereocenters. The minimum Gasteiger partial charge on any atom is -0.344 e. The average Bonchev–Trinajstić information content (AvgIpc) is 3.51. The number of carbonyl (C=O) groups excluding carboxylic acids is 4. The Bertz CT molecular complexity index is 1260. The van der Waals surface area contributed by atoms with Crippen molar-refractivity contribution in [3.63, 3.8) is 0 Å². The predicted octanol–water partition coefficient (Wildman–Crippen LogP) is 3.34. The van der Waals surface area contributed by atoms with Gasteiger partial charge in [0.25, 0.3) is 11.7 Å². The lowest BCUT2D eigenvalue weighted by atomic mass is 9.98. The largest absolute Gasteiger partial charge is 0.452 e. The molecule has 0 bridgehead atoms. The summed E-state index contributed by atoms with van der Waals surface area (Å²) in [4.78, 5) is 52.8. The molecule has 3 rings (SSSR count). The normalized spacial score (nSPS) is 17.2. The Labute approximate surface area is 229 Å². The number of amides is 3. The SMILES string of the molecule is Cc1c(C(=O)N[C@H](C(=O)N2CCC[C@H]2C(=O)N[C@H](C(=O)C(F)(F)F)C(C)C)C(C)C)cnn1-c1ccc(F)cc1. The van der Waals surface area contributed by atoms with E-state index in [2.05, 4.69) is 15.7 Å². The van der Waals surface area contributed by atoms with Crippen LogP contribution in [0.15, 0.2) is 30.5 Å². The van der Waals surface area contributed by atoms with Crippen LogP contribution < -0.4 is 10.6 Å².